The molecule has 0 saturated carbocycles. The van der Waals surface area contributed by atoms with Crippen molar-refractivity contribution in [3.05, 3.63) is 0 Å². The molecule has 0 fully saturated rings. The normalized spacial score (nSPS) is 10.7. The molecule has 0 unspecified atom stereocenters. The van der Waals surface area contributed by atoms with Crippen LogP contribution in [0, 0.1) is 0 Å². The lowest BCUT2D eigenvalue weighted by Gasteiger charge is -2.14. The van der Waals surface area contributed by atoms with Crippen LogP contribution in [0.25, 0.3) is 0 Å². The van der Waals surface area contributed by atoms with Crippen LogP contribution in [-0.2, 0) is 14.8 Å². The van der Waals surface area contributed by atoms with Crippen molar-refractivity contribution in [3.63, 3.8) is 0 Å². The van der Waals surface area contributed by atoms with E-state index in [1.54, 1.807) is 0 Å². The molecule has 0 aromatic rings. The number of hydrogen-bond acceptors (Lipinski definition) is 9. The van der Waals surface area contributed by atoms with Gasteiger partial charge in [0.25, 0.3) is 0 Å². The van der Waals surface area contributed by atoms with E-state index in [0.29, 0.717) is 5.28 Å². The largest absolute Gasteiger partial charge is 0.198 e. The van der Waals surface area contributed by atoms with Crippen LogP contribution in [0.15, 0.2) is 0 Å². The Morgan fingerprint density at radius 3 is 1.67 bits per heavy atom. The first kappa shape index (κ1) is 8.64. The summed E-state index contributed by atoms with van der Waals surface area (Å²) in [4.78, 5) is 11.6. The third-order valence-electron chi connectivity index (χ3n) is 0.377. The first-order valence-electron chi connectivity index (χ1n) is 1.75. The Morgan fingerprint density at radius 2 is 1.44 bits per heavy atom. The standard InChI is InChI=1S/H8N6O3/c1-7-4-6(9-3)5-8-2/h4-5H,1-3H2. The van der Waals surface area contributed by atoms with E-state index in [2.05, 4.69) is 32.5 Å². The Hall–Kier alpha value is -0.360. The zero-order valence-corrected chi connectivity index (χ0v) is 4.40. The highest BCUT2D eigenvalue weighted by atomic mass is 17.0. The average molecular weight is 140 g/mol. The summed E-state index contributed by atoms with van der Waals surface area (Å²) in [7, 11) is 0. The molecule has 8 N–H and O–H groups in total. The molecule has 9 heavy (non-hydrogen) atoms. The maximum absolute atomic E-state index is 4.57. The minimum Gasteiger partial charge on any atom is -0.198 e. The molecular weight excluding hydrogens is 132 g/mol. The lowest BCUT2D eigenvalue weighted by atomic mass is 12.3. The molecule has 0 atom stereocenters. The molecule has 9 heteroatoms. The van der Waals surface area contributed by atoms with E-state index in [1.165, 1.54) is 0 Å². The Kier molecular flexibility index (Phi) is 5.54. The highest BCUT2D eigenvalue weighted by Gasteiger charge is 1.98. The maximum Gasteiger partial charge on any atom is 0.0185 e. The summed E-state index contributed by atoms with van der Waals surface area (Å²) in [6.07, 6.45) is 0. The van der Waals surface area contributed by atoms with E-state index in [-0.39, 0.29) is 0 Å². The minimum atomic E-state index is 0.569. The smallest absolute Gasteiger partial charge is 0.0185 e. The van der Waals surface area contributed by atoms with Gasteiger partial charge in [-0.15, -0.1) is 0 Å². The maximum atomic E-state index is 4.57. The van der Waals surface area contributed by atoms with Crippen LogP contribution >= 0.6 is 0 Å². The molecule has 0 aromatic carbocycles. The van der Waals surface area contributed by atoms with Gasteiger partial charge in [-0.25, -0.2) is 0 Å². The van der Waals surface area contributed by atoms with Gasteiger partial charge in [-0.2, -0.15) is 32.5 Å². The molecule has 0 aliphatic carbocycles. The second-order valence-corrected chi connectivity index (χ2v) is 0.818. The second-order valence-electron chi connectivity index (χ2n) is 0.818. The minimum absolute atomic E-state index is 0.569. The first-order valence-corrected chi connectivity index (χ1v) is 1.75. The van der Waals surface area contributed by atoms with Gasteiger partial charge in [0, 0.05) is 5.28 Å². The summed E-state index contributed by atoms with van der Waals surface area (Å²) in [6, 6.07) is 0. The first-order chi connectivity index (χ1) is 4.35. The Balaban J connectivity index is 3.18. The molecule has 9 nitrogen and oxygen atoms in total. The van der Waals surface area contributed by atoms with Gasteiger partial charge in [-0.3, -0.25) is 0 Å². The van der Waals surface area contributed by atoms with E-state index >= 15 is 0 Å². The lowest BCUT2D eigenvalue weighted by molar-refractivity contribution is -0.358. The van der Waals surface area contributed by atoms with Crippen molar-refractivity contribution in [2.24, 2.45) is 17.7 Å². The molecule has 0 amide bonds. The van der Waals surface area contributed by atoms with E-state index in [4.69, 9.17) is 0 Å². The van der Waals surface area contributed by atoms with Gasteiger partial charge in [0.1, 0.15) is 0 Å². The van der Waals surface area contributed by atoms with Gasteiger partial charge in [0.2, 0.25) is 0 Å². The number of hydrazine groups is 2. The molecule has 0 aliphatic rings. The van der Waals surface area contributed by atoms with E-state index in [0.717, 1.165) is 0 Å². The fourth-order valence-corrected chi connectivity index (χ4v) is 0.157. The van der Waals surface area contributed by atoms with E-state index < -0.39 is 0 Å². The predicted molar refractivity (Wildman–Crippen MR) is 23.9 cm³/mol. The van der Waals surface area contributed by atoms with Crippen molar-refractivity contribution in [1.82, 2.24) is 16.5 Å². The monoisotopic (exact) mass is 140 g/mol. The van der Waals surface area contributed by atoms with Crippen molar-refractivity contribution >= 4 is 0 Å². The SMILES string of the molecule is NONN(NON)ON. The third kappa shape index (κ3) is 4.16. The van der Waals surface area contributed by atoms with Gasteiger partial charge in [0.15, 0.2) is 0 Å². The number of nitrogens with zero attached hydrogens (tertiary/aromatic N) is 1. The molecular formula is H8N6O3. The highest BCUT2D eigenvalue weighted by molar-refractivity contribution is 3.89. The van der Waals surface area contributed by atoms with Crippen LogP contribution < -0.4 is 28.9 Å². The molecule has 0 rings (SSSR count). The van der Waals surface area contributed by atoms with Gasteiger partial charge >= 0.3 is 0 Å². The number of nitrogens with two attached hydrogens (primary N) is 3. The van der Waals surface area contributed by atoms with Crippen molar-refractivity contribution in [2.75, 3.05) is 0 Å². The second kappa shape index (κ2) is 5.77. The fourth-order valence-electron chi connectivity index (χ4n) is 0.157. The average Bonchev–Trinajstić information content (AvgIpc) is 1.88. The summed E-state index contributed by atoms with van der Waals surface area (Å²) in [5.41, 5.74) is 3.76. The van der Waals surface area contributed by atoms with Gasteiger partial charge in [-0.1, -0.05) is 11.2 Å². The zero-order chi connectivity index (χ0) is 7.11. The van der Waals surface area contributed by atoms with Crippen molar-refractivity contribution in [2.45, 2.75) is 0 Å². The Labute approximate surface area is 50.3 Å². The Bertz CT molecular complexity index is 50.3. The fraction of sp³-hybridized carbons (Fsp3) is 0. The number of rotatable bonds is 5. The third-order valence-corrected chi connectivity index (χ3v) is 0.377. The van der Waals surface area contributed by atoms with Crippen LogP contribution in [-0.4, -0.2) is 5.28 Å². The van der Waals surface area contributed by atoms with Gasteiger partial charge in [0.05, 0.1) is 0 Å². The number of hydrogen-bond donors (Lipinski definition) is 5. The van der Waals surface area contributed by atoms with Crippen LogP contribution in [0.4, 0.5) is 0 Å². The van der Waals surface area contributed by atoms with Crippen LogP contribution in [0.2, 0.25) is 0 Å². The highest BCUT2D eigenvalue weighted by Crippen LogP contribution is 1.66. The van der Waals surface area contributed by atoms with Gasteiger partial charge in [-0.05, 0) is 0 Å². The Morgan fingerprint density at radius 1 is 1.00 bits per heavy atom. The summed E-state index contributed by atoms with van der Waals surface area (Å²) >= 11 is 0. The summed E-state index contributed by atoms with van der Waals surface area (Å²) in [5.74, 6) is 13.6. The van der Waals surface area contributed by atoms with Crippen LogP contribution in [0.3, 0.4) is 0 Å². The quantitative estimate of drug-likeness (QED) is 0.249. The van der Waals surface area contributed by atoms with E-state index in [9.17, 15) is 0 Å². The van der Waals surface area contributed by atoms with E-state index in [1.807, 2.05) is 11.2 Å². The predicted octanol–water partition coefficient (Wildman–Crippen LogP) is -3.29. The molecule has 0 aliphatic heterocycles. The number of nitrogens with one attached hydrogen (secondary N) is 2. The van der Waals surface area contributed by atoms with Crippen molar-refractivity contribution < 1.29 is 14.8 Å². The zero-order valence-electron chi connectivity index (χ0n) is 4.40. The topological polar surface area (TPSA) is 133 Å². The summed E-state index contributed by atoms with van der Waals surface area (Å²) in [5, 5.41) is 0.569. The van der Waals surface area contributed by atoms with Gasteiger partial charge < -0.3 is 0 Å². The molecule has 0 spiro atoms. The summed E-state index contributed by atoms with van der Waals surface area (Å²) in [6.45, 7) is 0. The molecule has 0 heterocycles. The molecule has 0 saturated heterocycles. The van der Waals surface area contributed by atoms with Crippen molar-refractivity contribution in [1.29, 1.82) is 0 Å². The van der Waals surface area contributed by atoms with Crippen LogP contribution in [0.1, 0.15) is 0 Å². The lowest BCUT2D eigenvalue weighted by Crippen LogP contribution is -2.51. The molecule has 0 radical (unpaired) electrons. The molecule has 0 bridgehead atoms. The van der Waals surface area contributed by atoms with Crippen LogP contribution in [0.5, 0.6) is 0 Å². The molecule has 56 valence electrons. The molecule has 0 aromatic heterocycles. The van der Waals surface area contributed by atoms with Crippen molar-refractivity contribution in [3.8, 4) is 0 Å². The summed E-state index contributed by atoms with van der Waals surface area (Å²) < 4.78 is 0.